The van der Waals surface area contributed by atoms with Gasteiger partial charge in [-0.1, -0.05) is 23.4 Å². The summed E-state index contributed by atoms with van der Waals surface area (Å²) in [5.41, 5.74) is 1.53. The van der Waals surface area contributed by atoms with Crippen LogP contribution < -0.4 is 4.90 Å². The molecule has 3 heterocycles. The maximum Gasteiger partial charge on any atom is 0.223 e. The lowest BCUT2D eigenvalue weighted by Gasteiger charge is -2.34. The Balaban J connectivity index is 1.49. The number of benzene rings is 1. The van der Waals surface area contributed by atoms with Gasteiger partial charge in [0.25, 0.3) is 0 Å². The standard InChI is InChI=1S/C18H18N6O/c1-13-20-17(22-25-13)12-23-6-8-24(9-7-23)18-10-14(11-19)15-4-2-3-5-16(15)21-18/h2-5,10H,6-9,12H2,1H3. The smallest absolute Gasteiger partial charge is 0.223 e. The molecule has 1 aromatic carbocycles. The van der Waals surface area contributed by atoms with E-state index in [2.05, 4.69) is 26.0 Å². The fraction of sp³-hybridized carbons (Fsp3) is 0.333. The molecule has 1 aliphatic heterocycles. The van der Waals surface area contributed by atoms with E-state index in [4.69, 9.17) is 9.51 Å². The number of hydrogen-bond donors (Lipinski definition) is 0. The molecule has 0 saturated carbocycles. The van der Waals surface area contributed by atoms with E-state index < -0.39 is 0 Å². The molecule has 0 bridgehead atoms. The van der Waals surface area contributed by atoms with E-state index in [0.717, 1.165) is 48.7 Å². The average Bonchev–Trinajstić information content (AvgIpc) is 3.06. The van der Waals surface area contributed by atoms with Gasteiger partial charge in [0, 0.05) is 38.5 Å². The number of nitrogens with zero attached hydrogens (tertiary/aromatic N) is 6. The summed E-state index contributed by atoms with van der Waals surface area (Å²) in [6, 6.07) is 12.0. The third-order valence-corrected chi connectivity index (χ3v) is 4.45. The fourth-order valence-corrected chi connectivity index (χ4v) is 3.16. The van der Waals surface area contributed by atoms with Crippen LogP contribution in [0.1, 0.15) is 17.3 Å². The highest BCUT2D eigenvalue weighted by molar-refractivity contribution is 5.86. The minimum absolute atomic E-state index is 0.595. The molecule has 1 aliphatic rings. The molecule has 0 radical (unpaired) electrons. The van der Waals surface area contributed by atoms with Crippen LogP contribution in [0.5, 0.6) is 0 Å². The van der Waals surface area contributed by atoms with Crippen molar-refractivity contribution in [2.24, 2.45) is 0 Å². The van der Waals surface area contributed by atoms with Crippen molar-refractivity contribution in [3.8, 4) is 6.07 Å². The van der Waals surface area contributed by atoms with Gasteiger partial charge >= 0.3 is 0 Å². The number of nitriles is 1. The molecule has 25 heavy (non-hydrogen) atoms. The highest BCUT2D eigenvalue weighted by Crippen LogP contribution is 2.23. The van der Waals surface area contributed by atoms with Crippen LogP contribution in [0.2, 0.25) is 0 Å². The maximum absolute atomic E-state index is 9.44. The van der Waals surface area contributed by atoms with Gasteiger partial charge in [0.05, 0.1) is 23.7 Å². The van der Waals surface area contributed by atoms with Crippen LogP contribution in [0, 0.1) is 18.3 Å². The van der Waals surface area contributed by atoms with E-state index in [1.807, 2.05) is 30.3 Å². The number of piperazine rings is 1. The predicted octanol–water partition coefficient (Wildman–Crippen LogP) is 2.12. The van der Waals surface area contributed by atoms with Gasteiger partial charge in [-0.2, -0.15) is 10.2 Å². The Morgan fingerprint density at radius 2 is 1.96 bits per heavy atom. The number of fused-ring (bicyclic) bond motifs is 1. The van der Waals surface area contributed by atoms with Crippen molar-refractivity contribution in [2.75, 3.05) is 31.1 Å². The molecule has 0 atom stereocenters. The largest absolute Gasteiger partial charge is 0.354 e. The summed E-state index contributed by atoms with van der Waals surface area (Å²) in [7, 11) is 0. The quantitative estimate of drug-likeness (QED) is 0.725. The Hall–Kier alpha value is -2.98. The Kier molecular flexibility index (Phi) is 4.04. The minimum Gasteiger partial charge on any atom is -0.354 e. The first-order chi connectivity index (χ1) is 12.2. The molecule has 3 aromatic rings. The average molecular weight is 334 g/mol. The van der Waals surface area contributed by atoms with E-state index in [-0.39, 0.29) is 0 Å². The highest BCUT2D eigenvalue weighted by atomic mass is 16.5. The first-order valence-corrected chi connectivity index (χ1v) is 8.29. The monoisotopic (exact) mass is 334 g/mol. The second-order valence-corrected chi connectivity index (χ2v) is 6.15. The normalized spacial score (nSPS) is 15.4. The van der Waals surface area contributed by atoms with Gasteiger partial charge in [0.15, 0.2) is 5.82 Å². The number of anilines is 1. The van der Waals surface area contributed by atoms with Gasteiger partial charge in [-0.25, -0.2) is 4.98 Å². The summed E-state index contributed by atoms with van der Waals surface area (Å²) < 4.78 is 5.02. The highest BCUT2D eigenvalue weighted by Gasteiger charge is 2.20. The molecule has 2 aromatic heterocycles. The van der Waals surface area contributed by atoms with Crippen LogP contribution in [0.3, 0.4) is 0 Å². The van der Waals surface area contributed by atoms with Crippen molar-refractivity contribution < 1.29 is 4.52 Å². The van der Waals surface area contributed by atoms with Gasteiger partial charge in [-0.3, -0.25) is 4.90 Å². The third kappa shape index (κ3) is 3.16. The van der Waals surface area contributed by atoms with Crippen molar-refractivity contribution in [3.05, 3.63) is 47.6 Å². The summed E-state index contributed by atoms with van der Waals surface area (Å²) in [5.74, 6) is 2.19. The lowest BCUT2D eigenvalue weighted by atomic mass is 10.1. The summed E-state index contributed by atoms with van der Waals surface area (Å²) >= 11 is 0. The molecule has 0 unspecified atom stereocenters. The number of aryl methyl sites for hydroxylation is 1. The predicted molar refractivity (Wildman–Crippen MR) is 93.0 cm³/mol. The molecule has 0 spiro atoms. The van der Waals surface area contributed by atoms with Crippen molar-refractivity contribution in [3.63, 3.8) is 0 Å². The van der Waals surface area contributed by atoms with Crippen molar-refractivity contribution in [1.82, 2.24) is 20.0 Å². The van der Waals surface area contributed by atoms with Crippen molar-refractivity contribution in [2.45, 2.75) is 13.5 Å². The molecule has 0 N–H and O–H groups in total. The van der Waals surface area contributed by atoms with Gasteiger partial charge in [-0.15, -0.1) is 0 Å². The van der Waals surface area contributed by atoms with Gasteiger partial charge in [0.2, 0.25) is 5.89 Å². The lowest BCUT2D eigenvalue weighted by molar-refractivity contribution is 0.239. The molecule has 1 fully saturated rings. The second kappa shape index (κ2) is 6.49. The number of para-hydroxylation sites is 1. The van der Waals surface area contributed by atoms with E-state index >= 15 is 0 Å². The molecule has 0 amide bonds. The first kappa shape index (κ1) is 15.5. The summed E-state index contributed by atoms with van der Waals surface area (Å²) in [4.78, 5) is 13.5. The zero-order valence-corrected chi connectivity index (χ0v) is 14.0. The van der Waals surface area contributed by atoms with Crippen LogP contribution in [0.15, 0.2) is 34.9 Å². The number of aromatic nitrogens is 3. The zero-order chi connectivity index (χ0) is 17.2. The minimum atomic E-state index is 0.595. The molecule has 0 aliphatic carbocycles. The molecule has 126 valence electrons. The number of rotatable bonds is 3. The van der Waals surface area contributed by atoms with E-state index in [9.17, 15) is 5.26 Å². The van der Waals surface area contributed by atoms with E-state index in [1.165, 1.54) is 0 Å². The summed E-state index contributed by atoms with van der Waals surface area (Å²) in [6.45, 7) is 5.99. The van der Waals surface area contributed by atoms with Gasteiger partial charge < -0.3 is 9.42 Å². The van der Waals surface area contributed by atoms with Gasteiger partial charge in [-0.05, 0) is 12.1 Å². The first-order valence-electron chi connectivity index (χ1n) is 8.29. The van der Waals surface area contributed by atoms with Crippen LogP contribution >= 0.6 is 0 Å². The summed E-state index contributed by atoms with van der Waals surface area (Å²) in [5, 5.41) is 14.3. The van der Waals surface area contributed by atoms with Gasteiger partial charge in [0.1, 0.15) is 5.82 Å². The maximum atomic E-state index is 9.44. The molecule has 1 saturated heterocycles. The third-order valence-electron chi connectivity index (χ3n) is 4.45. The van der Waals surface area contributed by atoms with Crippen molar-refractivity contribution in [1.29, 1.82) is 5.26 Å². The number of pyridine rings is 1. The zero-order valence-electron chi connectivity index (χ0n) is 14.0. The Morgan fingerprint density at radius 3 is 2.68 bits per heavy atom. The molecule has 7 nitrogen and oxygen atoms in total. The van der Waals surface area contributed by atoms with Crippen LogP contribution in [-0.2, 0) is 6.54 Å². The topological polar surface area (TPSA) is 82.1 Å². The second-order valence-electron chi connectivity index (χ2n) is 6.15. The molecule has 4 rings (SSSR count). The Morgan fingerprint density at radius 1 is 1.16 bits per heavy atom. The lowest BCUT2D eigenvalue weighted by Crippen LogP contribution is -2.46. The Labute approximate surface area is 145 Å². The van der Waals surface area contributed by atoms with E-state index in [1.54, 1.807) is 6.92 Å². The fourth-order valence-electron chi connectivity index (χ4n) is 3.16. The van der Waals surface area contributed by atoms with Crippen molar-refractivity contribution >= 4 is 16.7 Å². The van der Waals surface area contributed by atoms with E-state index in [0.29, 0.717) is 18.0 Å². The van der Waals surface area contributed by atoms with Crippen LogP contribution in [0.25, 0.3) is 10.9 Å². The molecular weight excluding hydrogens is 316 g/mol. The molecular formula is C18H18N6O. The van der Waals surface area contributed by atoms with Crippen LogP contribution in [0.4, 0.5) is 5.82 Å². The summed E-state index contributed by atoms with van der Waals surface area (Å²) in [6.07, 6.45) is 0. The molecule has 7 heteroatoms. The number of hydrogen-bond acceptors (Lipinski definition) is 7. The Bertz CT molecular complexity index is 936. The SMILES string of the molecule is Cc1nc(CN2CCN(c3cc(C#N)c4ccccc4n3)CC2)no1. The van der Waals surface area contributed by atoms with Crippen LogP contribution in [-0.4, -0.2) is 46.2 Å².